The summed E-state index contributed by atoms with van der Waals surface area (Å²) in [6.45, 7) is 2.57. The highest BCUT2D eigenvalue weighted by atomic mass is 16.4. The number of hydrogen-bond donors (Lipinski definition) is 2. The zero-order valence-corrected chi connectivity index (χ0v) is 7.05. The van der Waals surface area contributed by atoms with Crippen molar-refractivity contribution in [1.29, 1.82) is 0 Å². The SMILES string of the molecule is CC[C@@H](CCCCN)C(=O)O. The normalized spacial score (nSPS) is 12.9. The van der Waals surface area contributed by atoms with E-state index in [0.29, 0.717) is 6.54 Å². The average Bonchev–Trinajstić information content (AvgIpc) is 1.97. The van der Waals surface area contributed by atoms with E-state index < -0.39 is 5.97 Å². The summed E-state index contributed by atoms with van der Waals surface area (Å²) < 4.78 is 0. The van der Waals surface area contributed by atoms with Crippen LogP contribution in [0.15, 0.2) is 0 Å². The summed E-state index contributed by atoms with van der Waals surface area (Å²) in [6, 6.07) is 0. The minimum atomic E-state index is -0.676. The van der Waals surface area contributed by atoms with Crippen molar-refractivity contribution in [2.45, 2.75) is 32.6 Å². The molecule has 3 nitrogen and oxygen atoms in total. The van der Waals surface area contributed by atoms with Crippen LogP contribution in [-0.2, 0) is 4.79 Å². The zero-order valence-electron chi connectivity index (χ0n) is 7.05. The third-order valence-corrected chi connectivity index (χ3v) is 1.85. The van der Waals surface area contributed by atoms with Gasteiger partial charge in [-0.25, -0.2) is 0 Å². The average molecular weight is 159 g/mol. The summed E-state index contributed by atoms with van der Waals surface area (Å²) in [5.74, 6) is -0.842. The predicted molar refractivity (Wildman–Crippen MR) is 44.3 cm³/mol. The van der Waals surface area contributed by atoms with Gasteiger partial charge in [-0.3, -0.25) is 4.79 Å². The molecule has 0 radical (unpaired) electrons. The van der Waals surface area contributed by atoms with Gasteiger partial charge in [-0.15, -0.1) is 0 Å². The number of nitrogens with two attached hydrogens (primary N) is 1. The third kappa shape index (κ3) is 4.79. The molecule has 0 amide bonds. The molecular formula is C8H17NO2. The number of aliphatic carboxylic acids is 1. The lowest BCUT2D eigenvalue weighted by Crippen LogP contribution is -2.12. The molecule has 0 aromatic rings. The van der Waals surface area contributed by atoms with Crippen molar-refractivity contribution in [3.05, 3.63) is 0 Å². The van der Waals surface area contributed by atoms with E-state index in [4.69, 9.17) is 10.8 Å². The highest BCUT2D eigenvalue weighted by Gasteiger charge is 2.13. The van der Waals surface area contributed by atoms with Crippen LogP contribution in [0.2, 0.25) is 0 Å². The van der Waals surface area contributed by atoms with Gasteiger partial charge in [0.1, 0.15) is 0 Å². The highest BCUT2D eigenvalue weighted by Crippen LogP contribution is 2.11. The number of carboxylic acid groups (broad SMARTS) is 1. The van der Waals surface area contributed by atoms with Crippen molar-refractivity contribution in [2.75, 3.05) is 6.54 Å². The molecule has 0 aromatic heterocycles. The van der Waals surface area contributed by atoms with Crippen molar-refractivity contribution in [3.63, 3.8) is 0 Å². The second-order valence-electron chi connectivity index (χ2n) is 2.73. The number of carboxylic acids is 1. The second-order valence-corrected chi connectivity index (χ2v) is 2.73. The number of rotatable bonds is 6. The molecule has 0 aromatic carbocycles. The van der Waals surface area contributed by atoms with Crippen LogP contribution in [0.5, 0.6) is 0 Å². The first-order valence-electron chi connectivity index (χ1n) is 4.15. The summed E-state index contributed by atoms with van der Waals surface area (Å²) in [6.07, 6.45) is 3.36. The van der Waals surface area contributed by atoms with E-state index in [1.807, 2.05) is 6.92 Å². The summed E-state index contributed by atoms with van der Waals surface area (Å²) in [4.78, 5) is 10.5. The summed E-state index contributed by atoms with van der Waals surface area (Å²) in [5, 5.41) is 8.64. The van der Waals surface area contributed by atoms with E-state index in [0.717, 1.165) is 25.7 Å². The Labute approximate surface area is 67.6 Å². The van der Waals surface area contributed by atoms with E-state index in [1.54, 1.807) is 0 Å². The van der Waals surface area contributed by atoms with Gasteiger partial charge < -0.3 is 10.8 Å². The lowest BCUT2D eigenvalue weighted by Gasteiger charge is -2.07. The Hall–Kier alpha value is -0.570. The maximum atomic E-state index is 10.5. The van der Waals surface area contributed by atoms with E-state index >= 15 is 0 Å². The lowest BCUT2D eigenvalue weighted by molar-refractivity contribution is -0.142. The van der Waals surface area contributed by atoms with Crippen molar-refractivity contribution in [2.24, 2.45) is 11.7 Å². The molecule has 0 unspecified atom stereocenters. The van der Waals surface area contributed by atoms with Gasteiger partial charge in [0.25, 0.3) is 0 Å². The fourth-order valence-electron chi connectivity index (χ4n) is 1.04. The van der Waals surface area contributed by atoms with Crippen LogP contribution in [-0.4, -0.2) is 17.6 Å². The van der Waals surface area contributed by atoms with Crippen LogP contribution in [0, 0.1) is 5.92 Å². The summed E-state index contributed by atoms with van der Waals surface area (Å²) in [7, 11) is 0. The van der Waals surface area contributed by atoms with Crippen LogP contribution >= 0.6 is 0 Å². The fraction of sp³-hybridized carbons (Fsp3) is 0.875. The van der Waals surface area contributed by atoms with Gasteiger partial charge in [0.05, 0.1) is 5.92 Å². The Morgan fingerprint density at radius 2 is 2.18 bits per heavy atom. The molecule has 0 spiro atoms. The van der Waals surface area contributed by atoms with Gasteiger partial charge in [-0.2, -0.15) is 0 Å². The van der Waals surface area contributed by atoms with E-state index in [9.17, 15) is 4.79 Å². The molecule has 11 heavy (non-hydrogen) atoms. The number of carbonyl (C=O) groups is 1. The van der Waals surface area contributed by atoms with Crippen LogP contribution in [0.1, 0.15) is 32.6 Å². The molecule has 3 heteroatoms. The molecule has 0 saturated carbocycles. The van der Waals surface area contributed by atoms with Crippen LogP contribution in [0.4, 0.5) is 0 Å². The molecule has 0 aliphatic rings. The minimum Gasteiger partial charge on any atom is -0.481 e. The first kappa shape index (κ1) is 10.4. The quantitative estimate of drug-likeness (QED) is 0.573. The molecular weight excluding hydrogens is 142 g/mol. The maximum Gasteiger partial charge on any atom is 0.306 e. The predicted octanol–water partition coefficient (Wildman–Crippen LogP) is 1.23. The topological polar surface area (TPSA) is 63.3 Å². The van der Waals surface area contributed by atoms with Crippen molar-refractivity contribution >= 4 is 5.97 Å². The largest absolute Gasteiger partial charge is 0.481 e. The van der Waals surface area contributed by atoms with Gasteiger partial charge >= 0.3 is 5.97 Å². The maximum absolute atomic E-state index is 10.5. The minimum absolute atomic E-state index is 0.165. The van der Waals surface area contributed by atoms with Gasteiger partial charge in [0.2, 0.25) is 0 Å². The van der Waals surface area contributed by atoms with Gasteiger partial charge in [0.15, 0.2) is 0 Å². The van der Waals surface area contributed by atoms with Crippen LogP contribution in [0.3, 0.4) is 0 Å². The second kappa shape index (κ2) is 6.16. The Bertz CT molecular complexity index is 115. The molecule has 0 aliphatic heterocycles. The van der Waals surface area contributed by atoms with E-state index in [1.165, 1.54) is 0 Å². The summed E-state index contributed by atoms with van der Waals surface area (Å²) >= 11 is 0. The van der Waals surface area contributed by atoms with E-state index in [-0.39, 0.29) is 5.92 Å². The molecule has 0 rings (SSSR count). The lowest BCUT2D eigenvalue weighted by atomic mass is 10.00. The standard InChI is InChI=1S/C8H17NO2/c1-2-7(8(10)11)5-3-4-6-9/h7H,2-6,9H2,1H3,(H,10,11)/t7-/m0/s1. The van der Waals surface area contributed by atoms with Crippen LogP contribution < -0.4 is 5.73 Å². The molecule has 0 fully saturated rings. The van der Waals surface area contributed by atoms with Gasteiger partial charge in [-0.1, -0.05) is 13.3 Å². The fourth-order valence-corrected chi connectivity index (χ4v) is 1.04. The first-order valence-corrected chi connectivity index (χ1v) is 4.15. The van der Waals surface area contributed by atoms with Gasteiger partial charge in [0, 0.05) is 0 Å². The molecule has 0 saturated heterocycles. The first-order chi connectivity index (χ1) is 5.22. The monoisotopic (exact) mass is 159 g/mol. The Balaban J connectivity index is 3.44. The Kier molecular flexibility index (Phi) is 5.84. The number of unbranched alkanes of at least 4 members (excludes halogenated alkanes) is 1. The van der Waals surface area contributed by atoms with Crippen molar-refractivity contribution < 1.29 is 9.90 Å². The van der Waals surface area contributed by atoms with Crippen molar-refractivity contribution in [3.8, 4) is 0 Å². The molecule has 1 atom stereocenters. The highest BCUT2D eigenvalue weighted by molar-refractivity contribution is 5.69. The van der Waals surface area contributed by atoms with Crippen molar-refractivity contribution in [1.82, 2.24) is 0 Å². The van der Waals surface area contributed by atoms with Crippen LogP contribution in [0.25, 0.3) is 0 Å². The van der Waals surface area contributed by atoms with Gasteiger partial charge in [-0.05, 0) is 25.8 Å². The third-order valence-electron chi connectivity index (χ3n) is 1.85. The summed E-state index contributed by atoms with van der Waals surface area (Å²) in [5.41, 5.74) is 5.28. The molecule has 3 N–H and O–H groups in total. The Morgan fingerprint density at radius 3 is 2.55 bits per heavy atom. The smallest absolute Gasteiger partial charge is 0.306 e. The Morgan fingerprint density at radius 1 is 1.55 bits per heavy atom. The number of hydrogen-bond acceptors (Lipinski definition) is 2. The molecule has 66 valence electrons. The molecule has 0 aliphatic carbocycles. The molecule has 0 bridgehead atoms. The van der Waals surface area contributed by atoms with E-state index in [2.05, 4.69) is 0 Å². The molecule has 0 heterocycles. The zero-order chi connectivity index (χ0) is 8.69.